The monoisotopic (exact) mass is 368 g/mol. The molecule has 0 aliphatic carbocycles. The van der Waals surface area contributed by atoms with Crippen LogP contribution in [0.1, 0.15) is 27.6 Å². The fourth-order valence-electron chi connectivity index (χ4n) is 2.27. The Morgan fingerprint density at radius 1 is 1.00 bits per heavy atom. The van der Waals surface area contributed by atoms with Crippen molar-refractivity contribution in [1.82, 2.24) is 9.78 Å². The molecule has 0 radical (unpaired) electrons. The summed E-state index contributed by atoms with van der Waals surface area (Å²) in [6.07, 6.45) is 1.50. The third-order valence-corrected chi connectivity index (χ3v) is 3.96. The molecule has 1 heterocycles. The minimum absolute atomic E-state index is 0.156. The van der Waals surface area contributed by atoms with Crippen molar-refractivity contribution in [3.63, 3.8) is 0 Å². The van der Waals surface area contributed by atoms with Gasteiger partial charge in [-0.25, -0.2) is 4.68 Å². The number of nitrogens with zero attached hydrogens (tertiary/aromatic N) is 2. The zero-order valence-electron chi connectivity index (χ0n) is 12.4. The summed E-state index contributed by atoms with van der Waals surface area (Å²) in [4.78, 5) is 24.4. The molecule has 0 aliphatic rings. The fourth-order valence-corrected chi connectivity index (χ4v) is 2.53. The van der Waals surface area contributed by atoms with E-state index in [1.165, 1.54) is 17.8 Å². The van der Waals surface area contributed by atoms with E-state index in [1.807, 2.05) is 42.5 Å². The maximum Gasteiger partial charge on any atom is 0.243 e. The maximum atomic E-state index is 12.8. The number of aromatic nitrogens is 2. The Hall–Kier alpha value is -2.53. The van der Waals surface area contributed by atoms with Crippen molar-refractivity contribution in [3.05, 3.63) is 76.4 Å². The predicted molar refractivity (Wildman–Crippen MR) is 91.5 cm³/mol. The summed E-state index contributed by atoms with van der Waals surface area (Å²) < 4.78 is 2.14. The van der Waals surface area contributed by atoms with Crippen LogP contribution in [-0.2, 0) is 0 Å². The van der Waals surface area contributed by atoms with Gasteiger partial charge in [-0.2, -0.15) is 5.10 Å². The molecule has 2 aromatic carbocycles. The van der Waals surface area contributed by atoms with Gasteiger partial charge in [-0.15, -0.1) is 0 Å². The van der Waals surface area contributed by atoms with Crippen LogP contribution >= 0.6 is 15.9 Å². The van der Waals surface area contributed by atoms with Gasteiger partial charge in [0, 0.05) is 28.7 Å². The summed E-state index contributed by atoms with van der Waals surface area (Å²) in [7, 11) is 0. The van der Waals surface area contributed by atoms with E-state index >= 15 is 0 Å². The lowest BCUT2D eigenvalue weighted by Gasteiger charge is -2.02. The number of rotatable bonds is 3. The molecule has 0 amide bonds. The highest BCUT2D eigenvalue weighted by atomic mass is 79.9. The largest absolute Gasteiger partial charge is 0.288 e. The first-order valence-electron chi connectivity index (χ1n) is 7.02. The van der Waals surface area contributed by atoms with Gasteiger partial charge < -0.3 is 0 Å². The SMILES string of the molecule is CC(=O)n1cc(C(=O)c2ccccc2)c(-c2ccc(Br)cc2)n1. The highest BCUT2D eigenvalue weighted by Crippen LogP contribution is 2.26. The lowest BCUT2D eigenvalue weighted by Crippen LogP contribution is -2.05. The predicted octanol–water partition coefficient (Wildman–Crippen LogP) is 4.20. The van der Waals surface area contributed by atoms with Crippen LogP contribution in [0.5, 0.6) is 0 Å². The van der Waals surface area contributed by atoms with E-state index in [0.717, 1.165) is 10.0 Å². The second kappa shape index (κ2) is 6.30. The third-order valence-electron chi connectivity index (χ3n) is 3.44. The van der Waals surface area contributed by atoms with E-state index < -0.39 is 0 Å². The second-order valence-corrected chi connectivity index (χ2v) is 5.97. The molecule has 3 aromatic rings. The molecule has 0 atom stereocenters. The van der Waals surface area contributed by atoms with Gasteiger partial charge in [-0.3, -0.25) is 9.59 Å². The van der Waals surface area contributed by atoms with E-state index in [-0.39, 0.29) is 11.7 Å². The summed E-state index contributed by atoms with van der Waals surface area (Å²) in [5.41, 5.74) is 2.26. The second-order valence-electron chi connectivity index (χ2n) is 5.06. The Bertz CT molecular complexity index is 868. The lowest BCUT2D eigenvalue weighted by atomic mass is 10.0. The fraction of sp³-hybridized carbons (Fsp3) is 0.0556. The number of ketones is 1. The van der Waals surface area contributed by atoms with E-state index in [2.05, 4.69) is 21.0 Å². The minimum atomic E-state index is -0.240. The van der Waals surface area contributed by atoms with Crippen molar-refractivity contribution < 1.29 is 9.59 Å². The topological polar surface area (TPSA) is 52.0 Å². The molecular formula is C18H13BrN2O2. The average Bonchev–Trinajstić information content (AvgIpc) is 3.01. The van der Waals surface area contributed by atoms with Crippen molar-refractivity contribution in [1.29, 1.82) is 0 Å². The van der Waals surface area contributed by atoms with Crippen LogP contribution in [-0.4, -0.2) is 21.5 Å². The van der Waals surface area contributed by atoms with Crippen molar-refractivity contribution in [2.45, 2.75) is 6.92 Å². The Morgan fingerprint density at radius 2 is 1.65 bits per heavy atom. The van der Waals surface area contributed by atoms with E-state index in [4.69, 9.17) is 0 Å². The molecular weight excluding hydrogens is 356 g/mol. The van der Waals surface area contributed by atoms with Crippen molar-refractivity contribution in [2.75, 3.05) is 0 Å². The number of carbonyl (C=O) groups is 2. The van der Waals surface area contributed by atoms with Gasteiger partial charge in [0.2, 0.25) is 5.91 Å². The molecule has 114 valence electrons. The molecule has 1 aromatic heterocycles. The van der Waals surface area contributed by atoms with E-state index in [1.54, 1.807) is 12.1 Å². The van der Waals surface area contributed by atoms with Gasteiger partial charge in [-0.1, -0.05) is 58.4 Å². The Kier molecular flexibility index (Phi) is 4.21. The Morgan fingerprint density at radius 3 is 2.26 bits per heavy atom. The molecule has 4 nitrogen and oxygen atoms in total. The third kappa shape index (κ3) is 3.14. The Labute approximate surface area is 141 Å². The first-order valence-corrected chi connectivity index (χ1v) is 7.82. The number of carbonyl (C=O) groups excluding carboxylic acids is 2. The number of hydrogen-bond acceptors (Lipinski definition) is 3. The molecule has 5 heteroatoms. The zero-order chi connectivity index (χ0) is 16.4. The highest BCUT2D eigenvalue weighted by molar-refractivity contribution is 9.10. The van der Waals surface area contributed by atoms with Crippen LogP contribution in [0, 0.1) is 0 Å². The van der Waals surface area contributed by atoms with Gasteiger partial charge in [0.05, 0.1) is 5.56 Å². The van der Waals surface area contributed by atoms with Crippen LogP contribution in [0.15, 0.2) is 65.3 Å². The molecule has 0 spiro atoms. The normalized spacial score (nSPS) is 10.5. The summed E-state index contributed by atoms with van der Waals surface area (Å²) >= 11 is 3.38. The quantitative estimate of drug-likeness (QED) is 0.650. The average molecular weight is 369 g/mol. The standard InChI is InChI=1S/C18H13BrN2O2/c1-12(22)21-11-16(18(23)14-5-3-2-4-6-14)17(20-21)13-7-9-15(19)10-8-13/h2-11H,1H3. The zero-order valence-corrected chi connectivity index (χ0v) is 13.9. The molecule has 0 fully saturated rings. The maximum absolute atomic E-state index is 12.8. The molecule has 0 saturated carbocycles. The summed E-state index contributed by atoms with van der Waals surface area (Å²) in [5.74, 6) is -0.397. The molecule has 0 unspecified atom stereocenters. The Balaban J connectivity index is 2.13. The first kappa shape index (κ1) is 15.4. The van der Waals surface area contributed by atoms with Gasteiger partial charge in [0.1, 0.15) is 5.69 Å². The van der Waals surface area contributed by atoms with Gasteiger partial charge in [0.25, 0.3) is 0 Å². The van der Waals surface area contributed by atoms with Gasteiger partial charge >= 0.3 is 0 Å². The molecule has 3 rings (SSSR count). The summed E-state index contributed by atoms with van der Waals surface area (Å²) in [6.45, 7) is 1.41. The van der Waals surface area contributed by atoms with Crippen LogP contribution in [0.25, 0.3) is 11.3 Å². The molecule has 23 heavy (non-hydrogen) atoms. The van der Waals surface area contributed by atoms with Crippen LogP contribution < -0.4 is 0 Å². The number of halogens is 1. The van der Waals surface area contributed by atoms with Crippen LogP contribution in [0.3, 0.4) is 0 Å². The molecule has 0 bridgehead atoms. The van der Waals surface area contributed by atoms with Gasteiger partial charge in [-0.05, 0) is 12.1 Å². The molecule has 0 aliphatic heterocycles. The number of hydrogen-bond donors (Lipinski definition) is 0. The lowest BCUT2D eigenvalue weighted by molar-refractivity contribution is 0.0921. The highest BCUT2D eigenvalue weighted by Gasteiger charge is 2.20. The summed E-state index contributed by atoms with van der Waals surface area (Å²) in [6, 6.07) is 16.4. The molecule has 0 saturated heterocycles. The minimum Gasteiger partial charge on any atom is -0.288 e. The smallest absolute Gasteiger partial charge is 0.243 e. The summed E-state index contributed by atoms with van der Waals surface area (Å²) in [5, 5.41) is 4.29. The van der Waals surface area contributed by atoms with Crippen LogP contribution in [0.4, 0.5) is 0 Å². The van der Waals surface area contributed by atoms with Crippen molar-refractivity contribution in [3.8, 4) is 11.3 Å². The van der Waals surface area contributed by atoms with E-state index in [0.29, 0.717) is 16.8 Å². The van der Waals surface area contributed by atoms with E-state index in [9.17, 15) is 9.59 Å². The van der Waals surface area contributed by atoms with Crippen molar-refractivity contribution >= 4 is 27.6 Å². The van der Waals surface area contributed by atoms with Crippen LogP contribution in [0.2, 0.25) is 0 Å². The molecule has 0 N–H and O–H groups in total. The van der Waals surface area contributed by atoms with Gasteiger partial charge in [0.15, 0.2) is 5.78 Å². The first-order chi connectivity index (χ1) is 11.1. The number of benzene rings is 2. The van der Waals surface area contributed by atoms with Crippen molar-refractivity contribution in [2.24, 2.45) is 0 Å².